The number of likely N-dealkylation sites (tertiary alicyclic amines) is 2. The molecule has 2 aromatic rings. The van der Waals surface area contributed by atoms with Crippen molar-refractivity contribution in [1.82, 2.24) is 14.8 Å². The number of hydrogen-bond donors (Lipinski definition) is 1. The lowest BCUT2D eigenvalue weighted by molar-refractivity contribution is 0.0719. The van der Waals surface area contributed by atoms with Crippen molar-refractivity contribution in [1.29, 1.82) is 0 Å². The first-order valence-corrected chi connectivity index (χ1v) is 9.93. The minimum atomic E-state index is 0.117. The summed E-state index contributed by atoms with van der Waals surface area (Å²) in [6, 6.07) is 8.62. The van der Waals surface area contributed by atoms with Crippen LogP contribution in [-0.2, 0) is 0 Å². The molecule has 26 heavy (non-hydrogen) atoms. The van der Waals surface area contributed by atoms with Crippen LogP contribution in [0.3, 0.4) is 0 Å². The molecule has 2 aliphatic heterocycles. The van der Waals surface area contributed by atoms with Crippen LogP contribution in [0, 0.1) is 0 Å². The Morgan fingerprint density at radius 1 is 1.15 bits per heavy atom. The molecule has 2 fully saturated rings. The molecule has 140 valence electrons. The van der Waals surface area contributed by atoms with Crippen LogP contribution in [-0.4, -0.2) is 59.0 Å². The first-order valence-electron chi connectivity index (χ1n) is 9.93. The lowest BCUT2D eigenvalue weighted by atomic mass is 10.1. The molecule has 5 heteroatoms. The molecule has 2 saturated heterocycles. The molecule has 0 aliphatic carbocycles. The maximum absolute atomic E-state index is 12.7. The molecule has 1 amide bonds. The number of benzene rings is 1. The zero-order valence-electron chi connectivity index (χ0n) is 15.8. The lowest BCUT2D eigenvalue weighted by Gasteiger charge is -2.26. The van der Waals surface area contributed by atoms with Crippen LogP contribution >= 0.6 is 0 Å². The first-order chi connectivity index (χ1) is 12.6. The van der Waals surface area contributed by atoms with E-state index in [2.05, 4.69) is 23.7 Å². The van der Waals surface area contributed by atoms with Gasteiger partial charge in [0.1, 0.15) is 17.5 Å². The van der Waals surface area contributed by atoms with Gasteiger partial charge >= 0.3 is 0 Å². The Balaban J connectivity index is 1.46. The summed E-state index contributed by atoms with van der Waals surface area (Å²) >= 11 is 0. The van der Waals surface area contributed by atoms with Gasteiger partial charge in [-0.25, -0.2) is 0 Å². The third-order valence-corrected chi connectivity index (χ3v) is 5.68. The zero-order chi connectivity index (χ0) is 18.1. The van der Waals surface area contributed by atoms with Gasteiger partial charge in [0.05, 0.1) is 0 Å². The van der Waals surface area contributed by atoms with E-state index in [0.717, 1.165) is 62.1 Å². The molecule has 3 heterocycles. The van der Waals surface area contributed by atoms with Crippen LogP contribution in [0.25, 0.3) is 10.9 Å². The second-order valence-corrected chi connectivity index (χ2v) is 7.90. The summed E-state index contributed by atoms with van der Waals surface area (Å²) in [6.45, 7) is 8.29. The Hall–Kier alpha value is -2.01. The maximum Gasteiger partial charge on any atom is 0.270 e. The number of piperidine rings is 1. The molecule has 2 aliphatic rings. The number of nitrogens with zero attached hydrogens (tertiary/aromatic N) is 2. The second kappa shape index (κ2) is 7.31. The smallest absolute Gasteiger partial charge is 0.270 e. The number of carbonyl (C=O) groups excluding carboxylic acids is 1. The fourth-order valence-electron chi connectivity index (χ4n) is 4.07. The molecule has 4 rings (SSSR count). The summed E-state index contributed by atoms with van der Waals surface area (Å²) in [4.78, 5) is 20.4. The van der Waals surface area contributed by atoms with E-state index in [1.54, 1.807) is 0 Å². The van der Waals surface area contributed by atoms with E-state index in [-0.39, 0.29) is 12.0 Å². The number of hydrogen-bond acceptors (Lipinski definition) is 3. The monoisotopic (exact) mass is 355 g/mol. The van der Waals surface area contributed by atoms with Crippen molar-refractivity contribution in [2.75, 3.05) is 26.2 Å². The van der Waals surface area contributed by atoms with Crippen LogP contribution in [0.5, 0.6) is 5.75 Å². The Morgan fingerprint density at radius 3 is 2.69 bits per heavy atom. The van der Waals surface area contributed by atoms with Crippen LogP contribution in [0.2, 0.25) is 0 Å². The molecule has 0 saturated carbocycles. The minimum absolute atomic E-state index is 0.117. The van der Waals surface area contributed by atoms with Gasteiger partial charge < -0.3 is 14.6 Å². The van der Waals surface area contributed by atoms with Gasteiger partial charge in [0.2, 0.25) is 0 Å². The van der Waals surface area contributed by atoms with Crippen LogP contribution in [0.1, 0.15) is 50.0 Å². The number of aromatic nitrogens is 1. The number of carbonyl (C=O) groups is 1. The van der Waals surface area contributed by atoms with E-state index in [4.69, 9.17) is 4.74 Å². The average Bonchev–Trinajstić information content (AvgIpc) is 3.28. The fourth-order valence-corrected chi connectivity index (χ4v) is 4.07. The van der Waals surface area contributed by atoms with E-state index < -0.39 is 0 Å². The van der Waals surface area contributed by atoms with E-state index in [9.17, 15) is 4.79 Å². The van der Waals surface area contributed by atoms with Crippen LogP contribution in [0.4, 0.5) is 0 Å². The van der Waals surface area contributed by atoms with E-state index in [1.807, 2.05) is 29.2 Å². The highest BCUT2D eigenvalue weighted by Gasteiger charge is 2.26. The van der Waals surface area contributed by atoms with Gasteiger partial charge in [0, 0.05) is 49.2 Å². The van der Waals surface area contributed by atoms with E-state index in [0.29, 0.717) is 11.7 Å². The van der Waals surface area contributed by atoms with Crippen molar-refractivity contribution in [2.45, 2.75) is 51.7 Å². The fraction of sp³-hybridized carbons (Fsp3) is 0.571. The molecule has 0 radical (unpaired) electrons. The summed E-state index contributed by atoms with van der Waals surface area (Å²) in [5.74, 6) is 0.999. The number of aromatic amines is 1. The number of nitrogens with one attached hydrogen (secondary N) is 1. The standard InChI is InChI=1S/C21H29N3O2/c1-15(2)24-11-8-18(14-24)26-17-7-6-16-12-20(22-19(16)13-17)21(25)23-9-4-3-5-10-23/h6-7,12-13,15,18,22H,3-5,8-11,14H2,1-2H3. The number of rotatable bonds is 4. The second-order valence-electron chi connectivity index (χ2n) is 7.90. The Kier molecular flexibility index (Phi) is 4.90. The Labute approximate surface area is 155 Å². The minimum Gasteiger partial charge on any atom is -0.489 e. The van der Waals surface area contributed by atoms with Crippen molar-refractivity contribution in [2.24, 2.45) is 0 Å². The summed E-state index contributed by atoms with van der Waals surface area (Å²) < 4.78 is 6.19. The summed E-state index contributed by atoms with van der Waals surface area (Å²) in [7, 11) is 0. The van der Waals surface area contributed by atoms with E-state index >= 15 is 0 Å². The quantitative estimate of drug-likeness (QED) is 0.911. The molecule has 5 nitrogen and oxygen atoms in total. The van der Waals surface area contributed by atoms with Gasteiger partial charge in [-0.15, -0.1) is 0 Å². The third-order valence-electron chi connectivity index (χ3n) is 5.68. The van der Waals surface area contributed by atoms with Gasteiger partial charge in [0.25, 0.3) is 5.91 Å². The summed E-state index contributed by atoms with van der Waals surface area (Å²) in [5, 5.41) is 1.06. The number of fused-ring (bicyclic) bond motifs is 1. The van der Waals surface area contributed by atoms with Gasteiger partial charge in [-0.05, 0) is 57.7 Å². The predicted octanol–water partition coefficient (Wildman–Crippen LogP) is 3.66. The van der Waals surface area contributed by atoms with Crippen molar-refractivity contribution in [3.63, 3.8) is 0 Å². The Morgan fingerprint density at radius 2 is 1.96 bits per heavy atom. The predicted molar refractivity (Wildman–Crippen MR) is 104 cm³/mol. The van der Waals surface area contributed by atoms with Gasteiger partial charge in [-0.2, -0.15) is 0 Å². The van der Waals surface area contributed by atoms with Crippen molar-refractivity contribution in [3.05, 3.63) is 30.0 Å². The third kappa shape index (κ3) is 3.58. The molecule has 1 unspecified atom stereocenters. The first kappa shape index (κ1) is 17.4. The van der Waals surface area contributed by atoms with Crippen molar-refractivity contribution >= 4 is 16.8 Å². The summed E-state index contributed by atoms with van der Waals surface area (Å²) in [6.07, 6.45) is 4.77. The van der Waals surface area contributed by atoms with Crippen molar-refractivity contribution < 1.29 is 9.53 Å². The molecular weight excluding hydrogens is 326 g/mol. The lowest BCUT2D eigenvalue weighted by Crippen LogP contribution is -2.35. The molecular formula is C21H29N3O2. The van der Waals surface area contributed by atoms with Crippen LogP contribution < -0.4 is 4.74 Å². The normalized spacial score (nSPS) is 21.7. The largest absolute Gasteiger partial charge is 0.489 e. The number of H-pyrrole nitrogens is 1. The highest BCUT2D eigenvalue weighted by molar-refractivity contribution is 5.98. The van der Waals surface area contributed by atoms with Gasteiger partial charge in [0.15, 0.2) is 0 Å². The molecule has 1 aromatic heterocycles. The highest BCUT2D eigenvalue weighted by Crippen LogP contribution is 2.25. The maximum atomic E-state index is 12.7. The average molecular weight is 355 g/mol. The van der Waals surface area contributed by atoms with Crippen molar-refractivity contribution in [3.8, 4) is 5.75 Å². The molecule has 1 aromatic carbocycles. The summed E-state index contributed by atoms with van der Waals surface area (Å²) in [5.41, 5.74) is 1.66. The van der Waals surface area contributed by atoms with E-state index in [1.165, 1.54) is 6.42 Å². The highest BCUT2D eigenvalue weighted by atomic mass is 16.5. The van der Waals surface area contributed by atoms with Gasteiger partial charge in [-0.3, -0.25) is 9.69 Å². The molecule has 0 bridgehead atoms. The molecule has 1 atom stereocenters. The zero-order valence-corrected chi connectivity index (χ0v) is 15.8. The van der Waals surface area contributed by atoms with Crippen LogP contribution in [0.15, 0.2) is 24.3 Å². The molecule has 1 N–H and O–H groups in total. The number of ether oxygens (including phenoxy) is 1. The number of amides is 1. The SMILES string of the molecule is CC(C)N1CCC(Oc2ccc3cc(C(=O)N4CCCCC4)[nH]c3c2)C1. The van der Waals surface area contributed by atoms with Gasteiger partial charge in [-0.1, -0.05) is 0 Å². The molecule has 0 spiro atoms. The Bertz CT molecular complexity index is 777. The topological polar surface area (TPSA) is 48.6 Å².